The Morgan fingerprint density at radius 2 is 1.91 bits per heavy atom. The van der Waals surface area contributed by atoms with Gasteiger partial charge in [0.1, 0.15) is 18.0 Å². The Morgan fingerprint density at radius 3 is 2.64 bits per heavy atom. The molecule has 1 N–H and O–H groups in total. The van der Waals surface area contributed by atoms with E-state index in [1.54, 1.807) is 12.1 Å². The number of benzene rings is 2. The molecule has 0 spiro atoms. The van der Waals surface area contributed by atoms with Crippen LogP contribution >= 0.6 is 0 Å². The maximum Gasteiger partial charge on any atom is 0.247 e. The number of nitrogens with zero attached hydrogens (tertiary/aromatic N) is 4. The zero-order chi connectivity index (χ0) is 23.5. The third-order valence-corrected chi connectivity index (χ3v) is 5.14. The van der Waals surface area contributed by atoms with Crippen LogP contribution in [0, 0.1) is 24.4 Å². The summed E-state index contributed by atoms with van der Waals surface area (Å²) in [4.78, 5) is 6.03. The summed E-state index contributed by atoms with van der Waals surface area (Å²) >= 11 is 0. The fourth-order valence-electron chi connectivity index (χ4n) is 3.65. The monoisotopic (exact) mass is 461 g/mol. The molecule has 10 heteroatoms. The van der Waals surface area contributed by atoms with E-state index in [-0.39, 0.29) is 29.5 Å². The fourth-order valence-corrected chi connectivity index (χ4v) is 3.65. The van der Waals surface area contributed by atoms with Crippen LogP contribution in [-0.2, 0) is 9.47 Å². The normalized spacial score (nSPS) is 16.5. The highest BCUT2D eigenvalue weighted by molar-refractivity contribution is 5.65. The predicted octanol–water partition coefficient (Wildman–Crippen LogP) is 4.37. The van der Waals surface area contributed by atoms with E-state index in [4.69, 9.17) is 9.47 Å². The summed E-state index contributed by atoms with van der Waals surface area (Å²) in [5.74, 6) is -1.81. The van der Waals surface area contributed by atoms with Crippen LogP contribution in [0.2, 0.25) is 0 Å². The van der Waals surface area contributed by atoms with E-state index in [0.717, 1.165) is 23.8 Å². The first-order valence-electron chi connectivity index (χ1n) is 10.7. The maximum absolute atomic E-state index is 15.5. The molecule has 0 radical (unpaired) electrons. The van der Waals surface area contributed by atoms with Gasteiger partial charge in [0.15, 0.2) is 5.82 Å². The lowest BCUT2D eigenvalue weighted by Gasteiger charge is -2.35. The lowest BCUT2D eigenvalue weighted by Crippen LogP contribution is -2.45. The van der Waals surface area contributed by atoms with Gasteiger partial charge in [-0.1, -0.05) is 0 Å². The molecule has 176 valence electrons. The number of anilines is 3. The van der Waals surface area contributed by atoms with Gasteiger partial charge in [0.25, 0.3) is 0 Å². The smallest absolute Gasteiger partial charge is 0.247 e. The van der Waals surface area contributed by atoms with Crippen LogP contribution in [-0.4, -0.2) is 53.3 Å². The highest BCUT2D eigenvalue weighted by Crippen LogP contribution is 2.30. The van der Waals surface area contributed by atoms with Gasteiger partial charge in [-0.15, -0.1) is 5.10 Å². The molecule has 0 bridgehead atoms. The number of nitrogens with one attached hydrogen (secondary N) is 1. The van der Waals surface area contributed by atoms with Gasteiger partial charge in [0.05, 0.1) is 42.5 Å². The van der Waals surface area contributed by atoms with Crippen molar-refractivity contribution in [2.45, 2.75) is 33.0 Å². The molecule has 1 saturated heterocycles. The lowest BCUT2D eigenvalue weighted by molar-refractivity contribution is -0.0406. The van der Waals surface area contributed by atoms with Crippen LogP contribution in [0.5, 0.6) is 0 Å². The number of hydrogen-bond donors (Lipinski definition) is 1. The Bertz CT molecular complexity index is 1100. The number of ether oxygens (including phenoxy) is 2. The van der Waals surface area contributed by atoms with Gasteiger partial charge < -0.3 is 19.7 Å². The van der Waals surface area contributed by atoms with Crippen molar-refractivity contribution in [3.8, 4) is 5.69 Å². The van der Waals surface area contributed by atoms with Crippen LogP contribution in [0.3, 0.4) is 0 Å². The van der Waals surface area contributed by atoms with E-state index in [1.165, 1.54) is 11.0 Å². The van der Waals surface area contributed by atoms with Gasteiger partial charge in [-0.2, -0.15) is 4.98 Å². The number of aromatic nitrogens is 3. The number of rotatable bonds is 7. The minimum absolute atomic E-state index is 0.0895. The summed E-state index contributed by atoms with van der Waals surface area (Å²) in [6.07, 6.45) is 1.24. The van der Waals surface area contributed by atoms with Gasteiger partial charge in [0, 0.05) is 19.2 Å². The van der Waals surface area contributed by atoms with E-state index in [1.807, 2.05) is 25.7 Å². The number of halogens is 3. The third-order valence-electron chi connectivity index (χ3n) is 5.14. The minimum Gasteiger partial charge on any atom is -0.376 e. The number of hydrogen-bond acceptors (Lipinski definition) is 6. The average Bonchev–Trinajstić information content (AvgIpc) is 3.23. The molecule has 1 aliphatic heterocycles. The molecule has 1 aromatic heterocycles. The summed E-state index contributed by atoms with van der Waals surface area (Å²) in [6, 6.07) is 6.47. The highest BCUT2D eigenvalue weighted by atomic mass is 19.1. The number of morpholine rings is 1. The molecule has 4 rings (SSSR count). The van der Waals surface area contributed by atoms with Crippen molar-refractivity contribution in [1.82, 2.24) is 14.8 Å². The van der Waals surface area contributed by atoms with Gasteiger partial charge >= 0.3 is 0 Å². The van der Waals surface area contributed by atoms with Crippen molar-refractivity contribution in [2.24, 2.45) is 0 Å². The molecule has 0 aliphatic carbocycles. The molecule has 1 fully saturated rings. The van der Waals surface area contributed by atoms with E-state index >= 15 is 4.39 Å². The Hall–Kier alpha value is -3.11. The van der Waals surface area contributed by atoms with Crippen molar-refractivity contribution < 1.29 is 22.6 Å². The predicted molar refractivity (Wildman–Crippen MR) is 119 cm³/mol. The zero-order valence-electron chi connectivity index (χ0n) is 18.7. The number of aryl methyl sites for hydroxylation is 1. The van der Waals surface area contributed by atoms with Gasteiger partial charge in [-0.05, 0) is 50.6 Å². The van der Waals surface area contributed by atoms with Crippen LogP contribution < -0.4 is 10.2 Å². The van der Waals surface area contributed by atoms with Crippen molar-refractivity contribution in [3.63, 3.8) is 0 Å². The second-order valence-corrected chi connectivity index (χ2v) is 8.23. The molecule has 1 unspecified atom stereocenters. The van der Waals surface area contributed by atoms with Crippen LogP contribution in [0.15, 0.2) is 36.7 Å². The first-order chi connectivity index (χ1) is 15.8. The standard InChI is InChI=1S/C23H26F3N5O2/c1-14(2)33-12-19-11-30(4-5-32-19)21-7-15(3)6-20(22(21)26)28-23-27-13-31(29-23)18-9-16(24)8-17(25)10-18/h6-10,13-14,19H,4-5,11-12H2,1-3H3,(H,28,29). The van der Waals surface area contributed by atoms with E-state index in [9.17, 15) is 8.78 Å². The topological polar surface area (TPSA) is 64.4 Å². The van der Waals surface area contributed by atoms with Crippen molar-refractivity contribution >= 4 is 17.3 Å². The quantitative estimate of drug-likeness (QED) is 0.564. The first-order valence-corrected chi connectivity index (χ1v) is 10.7. The molecule has 1 atom stereocenters. The summed E-state index contributed by atoms with van der Waals surface area (Å²) in [5.41, 5.74) is 1.67. The lowest BCUT2D eigenvalue weighted by atomic mass is 10.1. The second kappa shape index (κ2) is 9.80. The van der Waals surface area contributed by atoms with Gasteiger partial charge in [0.2, 0.25) is 5.95 Å². The summed E-state index contributed by atoms with van der Waals surface area (Å²) < 4.78 is 55.1. The van der Waals surface area contributed by atoms with Gasteiger partial charge in [-0.25, -0.2) is 17.9 Å². The largest absolute Gasteiger partial charge is 0.376 e. The van der Waals surface area contributed by atoms with Crippen LogP contribution in [0.25, 0.3) is 5.69 Å². The Labute approximate surface area is 190 Å². The van der Waals surface area contributed by atoms with E-state index < -0.39 is 17.5 Å². The molecule has 3 aromatic rings. The Balaban J connectivity index is 1.53. The highest BCUT2D eigenvalue weighted by Gasteiger charge is 2.25. The third kappa shape index (κ3) is 5.63. The van der Waals surface area contributed by atoms with Crippen molar-refractivity contribution in [3.05, 3.63) is 59.7 Å². The molecule has 2 heterocycles. The molecule has 2 aromatic carbocycles. The molecule has 1 aliphatic rings. The average molecular weight is 461 g/mol. The zero-order valence-corrected chi connectivity index (χ0v) is 18.7. The van der Waals surface area contributed by atoms with Crippen molar-refractivity contribution in [1.29, 1.82) is 0 Å². The molecule has 7 nitrogen and oxygen atoms in total. The molecule has 0 amide bonds. The maximum atomic E-state index is 15.5. The van der Waals surface area contributed by atoms with Crippen LogP contribution in [0.4, 0.5) is 30.5 Å². The van der Waals surface area contributed by atoms with Crippen LogP contribution in [0.1, 0.15) is 19.4 Å². The molecular weight excluding hydrogens is 435 g/mol. The Kier molecular flexibility index (Phi) is 6.85. The summed E-state index contributed by atoms with van der Waals surface area (Å²) in [6.45, 7) is 7.75. The van der Waals surface area contributed by atoms with Gasteiger partial charge in [-0.3, -0.25) is 0 Å². The second-order valence-electron chi connectivity index (χ2n) is 8.23. The van der Waals surface area contributed by atoms with Crippen molar-refractivity contribution in [2.75, 3.05) is 36.5 Å². The molecule has 33 heavy (non-hydrogen) atoms. The molecular formula is C23H26F3N5O2. The van der Waals surface area contributed by atoms with E-state index in [0.29, 0.717) is 32.0 Å². The summed E-state index contributed by atoms with van der Waals surface area (Å²) in [7, 11) is 0. The molecule has 0 saturated carbocycles. The SMILES string of the molecule is Cc1cc(Nc2ncn(-c3cc(F)cc(F)c3)n2)c(F)c(N2CCOC(COC(C)C)C2)c1. The Morgan fingerprint density at radius 1 is 1.15 bits per heavy atom. The summed E-state index contributed by atoms with van der Waals surface area (Å²) in [5, 5.41) is 7.04. The fraction of sp³-hybridized carbons (Fsp3) is 0.391. The first kappa shape index (κ1) is 23.1. The van der Waals surface area contributed by atoms with E-state index in [2.05, 4.69) is 15.4 Å². The minimum atomic E-state index is -0.730.